The number of fused-ring (bicyclic) bond motifs is 1. The summed E-state index contributed by atoms with van der Waals surface area (Å²) in [6, 6.07) is 1.20. The molecule has 0 aliphatic heterocycles. The summed E-state index contributed by atoms with van der Waals surface area (Å²) < 4.78 is 39.2. The summed E-state index contributed by atoms with van der Waals surface area (Å²) in [6.07, 6.45) is -4.49. The van der Waals surface area contributed by atoms with Gasteiger partial charge in [0.15, 0.2) is 0 Å². The number of rotatable bonds is 1. The number of aromatic hydroxyl groups is 1. The molecule has 2 rings (SSSR count). The van der Waals surface area contributed by atoms with Gasteiger partial charge in [0.1, 0.15) is 0 Å². The van der Waals surface area contributed by atoms with Gasteiger partial charge in [-0.05, 0) is 26.0 Å². The monoisotopic (exact) mass is 278 g/mol. The SMILES string of the molecule is CC(C)n1c(O)nc2cc(C(F)(F)F)cc(Cl)c21. The van der Waals surface area contributed by atoms with Gasteiger partial charge in [-0.1, -0.05) is 11.6 Å². The van der Waals surface area contributed by atoms with Crippen LogP contribution in [-0.2, 0) is 6.18 Å². The topological polar surface area (TPSA) is 38.0 Å². The first-order valence-corrected chi connectivity index (χ1v) is 5.57. The summed E-state index contributed by atoms with van der Waals surface area (Å²) >= 11 is 5.86. The molecule has 98 valence electrons. The Hall–Kier alpha value is -1.43. The van der Waals surface area contributed by atoms with Crippen molar-refractivity contribution in [3.63, 3.8) is 0 Å². The Morgan fingerprint density at radius 1 is 1.33 bits per heavy atom. The highest BCUT2D eigenvalue weighted by Gasteiger charge is 2.32. The van der Waals surface area contributed by atoms with Crippen LogP contribution in [0.4, 0.5) is 13.2 Å². The molecule has 0 fully saturated rings. The summed E-state index contributed by atoms with van der Waals surface area (Å²) in [5.74, 6) is 0. The predicted molar refractivity (Wildman–Crippen MR) is 61.8 cm³/mol. The zero-order chi connectivity index (χ0) is 13.7. The van der Waals surface area contributed by atoms with Gasteiger partial charge in [-0.3, -0.25) is 4.57 Å². The highest BCUT2D eigenvalue weighted by Crippen LogP contribution is 2.37. The van der Waals surface area contributed by atoms with Crippen molar-refractivity contribution in [2.45, 2.75) is 26.1 Å². The molecule has 0 atom stereocenters. The van der Waals surface area contributed by atoms with Gasteiger partial charge >= 0.3 is 6.18 Å². The fourth-order valence-electron chi connectivity index (χ4n) is 1.82. The van der Waals surface area contributed by atoms with Gasteiger partial charge in [-0.2, -0.15) is 18.2 Å². The number of alkyl halides is 3. The zero-order valence-corrected chi connectivity index (χ0v) is 10.3. The molecule has 0 aliphatic rings. The van der Waals surface area contributed by atoms with Crippen molar-refractivity contribution in [1.82, 2.24) is 9.55 Å². The lowest BCUT2D eigenvalue weighted by Crippen LogP contribution is -2.05. The molecule has 0 amide bonds. The van der Waals surface area contributed by atoms with E-state index >= 15 is 0 Å². The van der Waals surface area contributed by atoms with Crippen LogP contribution in [0.1, 0.15) is 25.5 Å². The van der Waals surface area contributed by atoms with E-state index in [1.807, 2.05) is 0 Å². The molecular formula is C11H10ClF3N2O. The summed E-state index contributed by atoms with van der Waals surface area (Å²) in [5.41, 5.74) is -0.549. The van der Waals surface area contributed by atoms with Crippen LogP contribution in [-0.4, -0.2) is 14.7 Å². The maximum absolute atomic E-state index is 12.6. The Bertz CT molecular complexity index is 604. The van der Waals surface area contributed by atoms with Gasteiger partial charge in [0.25, 0.3) is 6.01 Å². The summed E-state index contributed by atoms with van der Waals surface area (Å²) in [5, 5.41) is 9.55. The third kappa shape index (κ3) is 2.01. The molecule has 0 aliphatic carbocycles. The average molecular weight is 279 g/mol. The normalized spacial score (nSPS) is 12.6. The van der Waals surface area contributed by atoms with Gasteiger partial charge < -0.3 is 5.11 Å². The highest BCUT2D eigenvalue weighted by molar-refractivity contribution is 6.35. The van der Waals surface area contributed by atoms with Crippen LogP contribution in [0.25, 0.3) is 11.0 Å². The molecule has 2 aromatic rings. The molecular weight excluding hydrogens is 269 g/mol. The van der Waals surface area contributed by atoms with Gasteiger partial charge in [-0.25, -0.2) is 0 Å². The minimum Gasteiger partial charge on any atom is -0.480 e. The number of imidazole rings is 1. The van der Waals surface area contributed by atoms with E-state index in [1.54, 1.807) is 13.8 Å². The maximum Gasteiger partial charge on any atom is 0.416 e. The van der Waals surface area contributed by atoms with E-state index in [2.05, 4.69) is 4.98 Å². The Balaban J connectivity index is 2.78. The molecule has 0 saturated heterocycles. The van der Waals surface area contributed by atoms with Gasteiger partial charge in [0.2, 0.25) is 0 Å². The van der Waals surface area contributed by atoms with Crippen molar-refractivity contribution in [3.8, 4) is 6.01 Å². The van der Waals surface area contributed by atoms with Gasteiger partial charge in [0.05, 0.1) is 21.6 Å². The lowest BCUT2D eigenvalue weighted by Gasteiger charge is -2.11. The zero-order valence-electron chi connectivity index (χ0n) is 9.59. The maximum atomic E-state index is 12.6. The van der Waals surface area contributed by atoms with Crippen molar-refractivity contribution in [1.29, 1.82) is 0 Å². The van der Waals surface area contributed by atoms with E-state index in [4.69, 9.17) is 11.6 Å². The van der Waals surface area contributed by atoms with E-state index in [9.17, 15) is 18.3 Å². The second-order valence-electron chi connectivity index (χ2n) is 4.20. The minimum atomic E-state index is -4.49. The molecule has 1 N–H and O–H groups in total. The van der Waals surface area contributed by atoms with Crippen LogP contribution in [0.3, 0.4) is 0 Å². The Morgan fingerprint density at radius 3 is 2.44 bits per heavy atom. The standard InChI is InChI=1S/C11H10ClF3N2O/c1-5(2)17-9-7(12)3-6(11(13,14)15)4-8(9)16-10(17)18/h3-5H,1-2H3,(H,16,18). The van der Waals surface area contributed by atoms with Crippen LogP contribution in [0, 0.1) is 0 Å². The van der Waals surface area contributed by atoms with Crippen molar-refractivity contribution >= 4 is 22.6 Å². The van der Waals surface area contributed by atoms with Crippen LogP contribution >= 0.6 is 11.6 Å². The minimum absolute atomic E-state index is 0.0287. The Morgan fingerprint density at radius 2 is 1.94 bits per heavy atom. The number of aromatic nitrogens is 2. The molecule has 0 saturated carbocycles. The molecule has 0 unspecified atom stereocenters. The van der Waals surface area contributed by atoms with Crippen molar-refractivity contribution in [3.05, 3.63) is 22.7 Å². The smallest absolute Gasteiger partial charge is 0.416 e. The van der Waals surface area contributed by atoms with Gasteiger partial charge in [0, 0.05) is 6.04 Å². The third-order valence-corrected chi connectivity index (χ3v) is 2.85. The summed E-state index contributed by atoms with van der Waals surface area (Å²) in [6.45, 7) is 3.55. The molecule has 18 heavy (non-hydrogen) atoms. The quantitative estimate of drug-likeness (QED) is 0.856. The molecule has 0 spiro atoms. The molecule has 0 bridgehead atoms. The number of nitrogens with zero attached hydrogens (tertiary/aromatic N) is 2. The fourth-order valence-corrected chi connectivity index (χ4v) is 2.13. The number of halogens is 4. The Kier molecular flexibility index (Phi) is 2.93. The first-order chi connectivity index (χ1) is 8.21. The van der Waals surface area contributed by atoms with E-state index in [-0.39, 0.29) is 22.6 Å². The van der Waals surface area contributed by atoms with Crippen LogP contribution < -0.4 is 0 Å². The van der Waals surface area contributed by atoms with Crippen LogP contribution in [0.15, 0.2) is 12.1 Å². The third-order valence-electron chi connectivity index (χ3n) is 2.56. The average Bonchev–Trinajstić information content (AvgIpc) is 2.53. The number of hydrogen-bond acceptors (Lipinski definition) is 2. The van der Waals surface area contributed by atoms with Crippen molar-refractivity contribution in [2.75, 3.05) is 0 Å². The van der Waals surface area contributed by atoms with Crippen LogP contribution in [0.5, 0.6) is 6.01 Å². The first kappa shape index (κ1) is 13.0. The molecule has 3 nitrogen and oxygen atoms in total. The van der Waals surface area contributed by atoms with E-state index in [1.165, 1.54) is 4.57 Å². The molecule has 1 aromatic carbocycles. The molecule has 1 aromatic heterocycles. The summed E-state index contributed by atoms with van der Waals surface area (Å²) in [4.78, 5) is 3.70. The largest absolute Gasteiger partial charge is 0.480 e. The molecule has 1 heterocycles. The first-order valence-electron chi connectivity index (χ1n) is 5.19. The molecule has 0 radical (unpaired) electrons. The lowest BCUT2D eigenvalue weighted by atomic mass is 10.2. The van der Waals surface area contributed by atoms with E-state index in [0.717, 1.165) is 12.1 Å². The fraction of sp³-hybridized carbons (Fsp3) is 0.364. The predicted octanol–water partition coefficient (Wildman–Crippen LogP) is 4.00. The van der Waals surface area contributed by atoms with Gasteiger partial charge in [-0.15, -0.1) is 0 Å². The van der Waals surface area contributed by atoms with Crippen LogP contribution in [0.2, 0.25) is 5.02 Å². The summed E-state index contributed by atoms with van der Waals surface area (Å²) in [7, 11) is 0. The lowest BCUT2D eigenvalue weighted by molar-refractivity contribution is -0.137. The Labute approximate surface area is 106 Å². The molecule has 7 heteroatoms. The van der Waals surface area contributed by atoms with E-state index in [0.29, 0.717) is 5.52 Å². The second-order valence-corrected chi connectivity index (χ2v) is 4.61. The highest BCUT2D eigenvalue weighted by atomic mass is 35.5. The number of hydrogen-bond donors (Lipinski definition) is 1. The van der Waals surface area contributed by atoms with Crippen molar-refractivity contribution in [2.24, 2.45) is 0 Å². The number of benzene rings is 1. The second kappa shape index (κ2) is 4.05. The van der Waals surface area contributed by atoms with E-state index < -0.39 is 11.7 Å². The van der Waals surface area contributed by atoms with Crippen molar-refractivity contribution < 1.29 is 18.3 Å².